The van der Waals surface area contributed by atoms with Crippen molar-refractivity contribution in [3.63, 3.8) is 0 Å². The standard InChI is InChI=1S/C15H14OS/c16-14-9-13(10-5-1-2-6-10)15(17)12-8-4-3-7-11(12)14/h3-4,7-10H,1-2,5-6H2. The SMILES string of the molecule is O=C1C=C(C2CCCC2)C(=S)c2ccccc21. The molecule has 2 heteroatoms. The number of hydrogen-bond donors (Lipinski definition) is 0. The minimum atomic E-state index is 0.121. The predicted molar refractivity (Wildman–Crippen MR) is 72.5 cm³/mol. The van der Waals surface area contributed by atoms with Crippen LogP contribution in [0.15, 0.2) is 35.9 Å². The van der Waals surface area contributed by atoms with E-state index >= 15 is 0 Å². The summed E-state index contributed by atoms with van der Waals surface area (Å²) in [6.45, 7) is 0. The van der Waals surface area contributed by atoms with Gasteiger partial charge in [0.15, 0.2) is 5.78 Å². The summed E-state index contributed by atoms with van der Waals surface area (Å²) in [5, 5.41) is 0. The third kappa shape index (κ3) is 1.77. The summed E-state index contributed by atoms with van der Waals surface area (Å²) < 4.78 is 0. The molecule has 86 valence electrons. The molecule has 1 nitrogen and oxygen atoms in total. The summed E-state index contributed by atoms with van der Waals surface area (Å²) in [6.07, 6.45) is 6.67. The average molecular weight is 242 g/mol. The number of hydrogen-bond acceptors (Lipinski definition) is 2. The third-order valence-corrected chi connectivity index (χ3v) is 4.24. The highest BCUT2D eigenvalue weighted by atomic mass is 32.1. The van der Waals surface area contributed by atoms with Crippen LogP contribution in [0.4, 0.5) is 0 Å². The van der Waals surface area contributed by atoms with E-state index in [1.165, 1.54) is 25.7 Å². The van der Waals surface area contributed by atoms with Gasteiger partial charge >= 0.3 is 0 Å². The van der Waals surface area contributed by atoms with Gasteiger partial charge in [-0.15, -0.1) is 0 Å². The lowest BCUT2D eigenvalue weighted by Gasteiger charge is -2.21. The molecular formula is C15H14OS. The molecule has 1 aromatic rings. The van der Waals surface area contributed by atoms with Crippen LogP contribution in [-0.4, -0.2) is 10.6 Å². The van der Waals surface area contributed by atoms with E-state index < -0.39 is 0 Å². The number of allylic oxidation sites excluding steroid dienone is 2. The molecule has 1 aromatic carbocycles. The first-order valence-electron chi connectivity index (χ1n) is 6.17. The van der Waals surface area contributed by atoms with Crippen molar-refractivity contribution >= 4 is 22.9 Å². The number of carbonyl (C=O) groups excluding carboxylic acids is 1. The van der Waals surface area contributed by atoms with Crippen LogP contribution in [0.5, 0.6) is 0 Å². The second-order valence-electron chi connectivity index (χ2n) is 4.82. The topological polar surface area (TPSA) is 17.1 Å². The Bertz CT molecular complexity index is 521. The summed E-state index contributed by atoms with van der Waals surface area (Å²) in [5.41, 5.74) is 2.83. The zero-order valence-electron chi connectivity index (χ0n) is 9.61. The lowest BCUT2D eigenvalue weighted by Crippen LogP contribution is -2.20. The number of fused-ring (bicyclic) bond motifs is 1. The first kappa shape index (κ1) is 10.8. The highest BCUT2D eigenvalue weighted by molar-refractivity contribution is 7.81. The maximum atomic E-state index is 12.1. The molecule has 1 fully saturated rings. The van der Waals surface area contributed by atoms with Gasteiger partial charge in [-0.2, -0.15) is 0 Å². The Kier molecular flexibility index (Phi) is 2.67. The van der Waals surface area contributed by atoms with Crippen molar-refractivity contribution < 1.29 is 4.79 Å². The van der Waals surface area contributed by atoms with Crippen molar-refractivity contribution in [2.24, 2.45) is 5.92 Å². The van der Waals surface area contributed by atoms with Crippen molar-refractivity contribution in [3.8, 4) is 0 Å². The van der Waals surface area contributed by atoms with Crippen LogP contribution < -0.4 is 0 Å². The molecule has 0 N–H and O–H groups in total. The monoisotopic (exact) mass is 242 g/mol. The van der Waals surface area contributed by atoms with Gasteiger partial charge in [-0.1, -0.05) is 49.3 Å². The van der Waals surface area contributed by atoms with Gasteiger partial charge in [0.2, 0.25) is 0 Å². The summed E-state index contributed by atoms with van der Waals surface area (Å²) in [6, 6.07) is 7.69. The van der Waals surface area contributed by atoms with Gasteiger partial charge < -0.3 is 0 Å². The summed E-state index contributed by atoms with van der Waals surface area (Å²) in [4.78, 5) is 13.0. The van der Waals surface area contributed by atoms with Gasteiger partial charge in [0.25, 0.3) is 0 Å². The van der Waals surface area contributed by atoms with Crippen LogP contribution >= 0.6 is 12.2 Å². The Morgan fingerprint density at radius 2 is 1.71 bits per heavy atom. The molecule has 17 heavy (non-hydrogen) atoms. The Morgan fingerprint density at radius 3 is 2.41 bits per heavy atom. The summed E-state index contributed by atoms with van der Waals surface area (Å²) in [5.74, 6) is 0.635. The normalized spacial score (nSPS) is 20.4. The lowest BCUT2D eigenvalue weighted by molar-refractivity contribution is 0.104. The molecule has 0 aliphatic heterocycles. The molecule has 2 aliphatic rings. The van der Waals surface area contributed by atoms with E-state index in [0.717, 1.165) is 21.6 Å². The zero-order valence-corrected chi connectivity index (χ0v) is 10.4. The van der Waals surface area contributed by atoms with E-state index in [9.17, 15) is 4.79 Å². The van der Waals surface area contributed by atoms with Crippen LogP contribution in [-0.2, 0) is 0 Å². The summed E-state index contributed by atoms with van der Waals surface area (Å²) in [7, 11) is 0. The highest BCUT2D eigenvalue weighted by Gasteiger charge is 2.28. The van der Waals surface area contributed by atoms with Gasteiger partial charge in [0.1, 0.15) is 0 Å². The molecule has 0 radical (unpaired) electrons. The number of benzene rings is 1. The number of rotatable bonds is 1. The fourth-order valence-corrected chi connectivity index (χ4v) is 3.28. The second-order valence-corrected chi connectivity index (χ2v) is 5.23. The van der Waals surface area contributed by atoms with Gasteiger partial charge in [0.05, 0.1) is 0 Å². The molecule has 0 saturated heterocycles. The van der Waals surface area contributed by atoms with Crippen molar-refractivity contribution in [2.45, 2.75) is 25.7 Å². The molecule has 0 amide bonds. The molecule has 2 aliphatic carbocycles. The van der Waals surface area contributed by atoms with Crippen molar-refractivity contribution in [3.05, 3.63) is 47.0 Å². The predicted octanol–water partition coefficient (Wildman–Crippen LogP) is 3.72. The minimum Gasteiger partial charge on any atom is -0.289 e. The van der Waals surface area contributed by atoms with Gasteiger partial charge in [-0.3, -0.25) is 4.79 Å². The highest BCUT2D eigenvalue weighted by Crippen LogP contribution is 2.35. The number of ketones is 1. The zero-order chi connectivity index (χ0) is 11.8. The fourth-order valence-electron chi connectivity index (χ4n) is 2.88. The van der Waals surface area contributed by atoms with Crippen LogP contribution in [0, 0.1) is 5.92 Å². The Balaban J connectivity index is 2.04. The van der Waals surface area contributed by atoms with Crippen LogP contribution in [0.25, 0.3) is 0 Å². The molecule has 1 saturated carbocycles. The average Bonchev–Trinajstić information content (AvgIpc) is 2.87. The van der Waals surface area contributed by atoms with Crippen LogP contribution in [0.1, 0.15) is 41.6 Å². The van der Waals surface area contributed by atoms with Gasteiger partial charge in [-0.05, 0) is 30.4 Å². The molecule has 3 rings (SSSR count). The van der Waals surface area contributed by atoms with Gasteiger partial charge in [0, 0.05) is 16.0 Å². The first-order valence-corrected chi connectivity index (χ1v) is 6.58. The van der Waals surface area contributed by atoms with Crippen molar-refractivity contribution in [1.29, 1.82) is 0 Å². The minimum absolute atomic E-state index is 0.121. The van der Waals surface area contributed by atoms with Crippen molar-refractivity contribution in [2.75, 3.05) is 0 Å². The van der Waals surface area contributed by atoms with E-state index in [1.54, 1.807) is 6.08 Å². The Hall–Kier alpha value is -1.28. The molecule has 0 spiro atoms. The Morgan fingerprint density at radius 1 is 1.06 bits per heavy atom. The van der Waals surface area contributed by atoms with E-state index in [1.807, 2.05) is 24.3 Å². The third-order valence-electron chi connectivity index (χ3n) is 3.78. The molecular weight excluding hydrogens is 228 g/mol. The molecule has 0 unspecified atom stereocenters. The van der Waals surface area contributed by atoms with E-state index in [4.69, 9.17) is 12.2 Å². The smallest absolute Gasteiger partial charge is 0.186 e. The van der Waals surface area contributed by atoms with Crippen LogP contribution in [0.2, 0.25) is 0 Å². The largest absolute Gasteiger partial charge is 0.289 e. The molecule has 0 aromatic heterocycles. The molecule has 0 atom stereocenters. The number of carbonyl (C=O) groups is 1. The van der Waals surface area contributed by atoms with E-state index in [2.05, 4.69) is 0 Å². The number of thiocarbonyl (C=S) groups is 1. The first-order chi connectivity index (χ1) is 8.27. The lowest BCUT2D eigenvalue weighted by atomic mass is 9.83. The maximum absolute atomic E-state index is 12.1. The van der Waals surface area contributed by atoms with E-state index in [0.29, 0.717) is 5.92 Å². The van der Waals surface area contributed by atoms with Crippen LogP contribution in [0.3, 0.4) is 0 Å². The second kappa shape index (κ2) is 4.19. The quantitative estimate of drug-likeness (QED) is 0.698. The van der Waals surface area contributed by atoms with E-state index in [-0.39, 0.29) is 5.78 Å². The van der Waals surface area contributed by atoms with Gasteiger partial charge in [-0.25, -0.2) is 0 Å². The van der Waals surface area contributed by atoms with Crippen molar-refractivity contribution in [1.82, 2.24) is 0 Å². The fraction of sp³-hybridized carbons (Fsp3) is 0.333. The summed E-state index contributed by atoms with van der Waals surface area (Å²) >= 11 is 5.55. The maximum Gasteiger partial charge on any atom is 0.186 e. The molecule has 0 bridgehead atoms. The molecule has 0 heterocycles. The Labute approximate surface area is 107 Å².